The van der Waals surface area contributed by atoms with Gasteiger partial charge < -0.3 is 10.0 Å². The summed E-state index contributed by atoms with van der Waals surface area (Å²) in [6.45, 7) is 0.585. The van der Waals surface area contributed by atoms with Crippen LogP contribution in [0.5, 0.6) is 0 Å². The van der Waals surface area contributed by atoms with Gasteiger partial charge in [-0.1, -0.05) is 12.1 Å². The van der Waals surface area contributed by atoms with Crippen molar-refractivity contribution in [1.82, 2.24) is 4.98 Å². The van der Waals surface area contributed by atoms with Crippen molar-refractivity contribution in [3.8, 4) is 6.07 Å². The smallest absolute Gasteiger partial charge is 0.335 e. The number of rotatable bonds is 4. The molecule has 0 unspecified atom stereocenters. The van der Waals surface area contributed by atoms with E-state index in [4.69, 9.17) is 10.4 Å². The van der Waals surface area contributed by atoms with Crippen LogP contribution < -0.4 is 4.90 Å². The van der Waals surface area contributed by atoms with Gasteiger partial charge in [0.15, 0.2) is 0 Å². The Morgan fingerprint density at radius 3 is 2.65 bits per heavy atom. The molecule has 2 rings (SSSR count). The number of carboxylic acid groups (broad SMARTS) is 1. The first kappa shape index (κ1) is 13.6. The zero-order valence-electron chi connectivity index (χ0n) is 10.9. The number of aromatic carboxylic acids is 1. The quantitative estimate of drug-likeness (QED) is 0.919. The van der Waals surface area contributed by atoms with Gasteiger partial charge in [0.1, 0.15) is 5.82 Å². The Bertz CT molecular complexity index is 660. The average molecular weight is 267 g/mol. The van der Waals surface area contributed by atoms with E-state index in [9.17, 15) is 4.79 Å². The summed E-state index contributed by atoms with van der Waals surface area (Å²) < 4.78 is 0. The number of benzene rings is 1. The largest absolute Gasteiger partial charge is 0.478 e. The van der Waals surface area contributed by atoms with Gasteiger partial charge in [0, 0.05) is 19.8 Å². The minimum atomic E-state index is -0.937. The van der Waals surface area contributed by atoms with Crippen LogP contribution in [0, 0.1) is 11.3 Å². The van der Waals surface area contributed by atoms with Crippen molar-refractivity contribution >= 4 is 11.8 Å². The Morgan fingerprint density at radius 2 is 2.05 bits per heavy atom. The second-order valence-corrected chi connectivity index (χ2v) is 4.37. The highest BCUT2D eigenvalue weighted by molar-refractivity contribution is 5.87. The Kier molecular flexibility index (Phi) is 3.96. The van der Waals surface area contributed by atoms with Crippen LogP contribution in [0.2, 0.25) is 0 Å². The second-order valence-electron chi connectivity index (χ2n) is 4.37. The first-order chi connectivity index (χ1) is 9.60. The molecule has 0 radical (unpaired) electrons. The summed E-state index contributed by atoms with van der Waals surface area (Å²) in [5, 5.41) is 17.7. The molecule has 1 heterocycles. The highest BCUT2D eigenvalue weighted by Gasteiger charge is 2.06. The van der Waals surface area contributed by atoms with Crippen LogP contribution in [-0.4, -0.2) is 23.1 Å². The van der Waals surface area contributed by atoms with E-state index in [1.54, 1.807) is 42.6 Å². The molecule has 0 aliphatic heterocycles. The molecule has 0 spiro atoms. The van der Waals surface area contributed by atoms with E-state index >= 15 is 0 Å². The molecule has 100 valence electrons. The standard InChI is InChI=1S/C15H13N3O2/c1-18(14-8-12(9-16)6-7-17-14)10-11-2-4-13(5-3-11)15(19)20/h2-8H,10H2,1H3,(H,19,20). The summed E-state index contributed by atoms with van der Waals surface area (Å²) in [5.74, 6) is -0.236. The van der Waals surface area contributed by atoms with Crippen molar-refractivity contribution in [2.24, 2.45) is 0 Å². The van der Waals surface area contributed by atoms with E-state index < -0.39 is 5.97 Å². The fourth-order valence-corrected chi connectivity index (χ4v) is 1.80. The minimum Gasteiger partial charge on any atom is -0.478 e. The van der Waals surface area contributed by atoms with Crippen molar-refractivity contribution in [3.05, 3.63) is 59.3 Å². The molecular weight excluding hydrogens is 254 g/mol. The molecule has 0 saturated heterocycles. The molecule has 1 N–H and O–H groups in total. The van der Waals surface area contributed by atoms with E-state index in [-0.39, 0.29) is 5.56 Å². The maximum absolute atomic E-state index is 10.8. The Hall–Kier alpha value is -2.87. The summed E-state index contributed by atoms with van der Waals surface area (Å²) in [6, 6.07) is 12.1. The zero-order chi connectivity index (χ0) is 14.5. The third-order valence-electron chi connectivity index (χ3n) is 2.89. The monoisotopic (exact) mass is 267 g/mol. The lowest BCUT2D eigenvalue weighted by Gasteiger charge is -2.18. The molecule has 0 saturated carbocycles. The van der Waals surface area contributed by atoms with Gasteiger partial charge in [0.25, 0.3) is 0 Å². The van der Waals surface area contributed by atoms with Crippen LogP contribution in [0.4, 0.5) is 5.82 Å². The SMILES string of the molecule is CN(Cc1ccc(C(=O)O)cc1)c1cc(C#N)ccn1. The van der Waals surface area contributed by atoms with Gasteiger partial charge in [0.2, 0.25) is 0 Å². The van der Waals surface area contributed by atoms with Crippen molar-refractivity contribution in [2.75, 3.05) is 11.9 Å². The summed E-state index contributed by atoms with van der Waals surface area (Å²) >= 11 is 0. The molecule has 0 aliphatic rings. The Balaban J connectivity index is 2.12. The number of nitriles is 1. The normalized spacial score (nSPS) is 9.80. The molecule has 5 heteroatoms. The highest BCUT2D eigenvalue weighted by atomic mass is 16.4. The van der Waals surface area contributed by atoms with E-state index in [2.05, 4.69) is 11.1 Å². The van der Waals surface area contributed by atoms with Crippen molar-refractivity contribution in [2.45, 2.75) is 6.54 Å². The Labute approximate surface area is 116 Å². The molecular formula is C15H13N3O2. The highest BCUT2D eigenvalue weighted by Crippen LogP contribution is 2.14. The summed E-state index contributed by atoms with van der Waals surface area (Å²) in [6.07, 6.45) is 1.60. The first-order valence-corrected chi connectivity index (χ1v) is 5.99. The minimum absolute atomic E-state index is 0.265. The molecule has 0 aliphatic carbocycles. The third-order valence-corrected chi connectivity index (χ3v) is 2.89. The predicted octanol–water partition coefficient (Wildman–Crippen LogP) is 2.29. The summed E-state index contributed by atoms with van der Waals surface area (Å²) in [4.78, 5) is 16.9. The summed E-state index contributed by atoms with van der Waals surface area (Å²) in [5.41, 5.74) is 1.80. The van der Waals surface area contributed by atoms with Crippen LogP contribution in [0.1, 0.15) is 21.5 Å². The van der Waals surface area contributed by atoms with Crippen LogP contribution in [0.15, 0.2) is 42.6 Å². The lowest BCUT2D eigenvalue weighted by atomic mass is 10.1. The van der Waals surface area contributed by atoms with Crippen LogP contribution in [0.25, 0.3) is 0 Å². The fourth-order valence-electron chi connectivity index (χ4n) is 1.80. The van der Waals surface area contributed by atoms with Crippen LogP contribution in [-0.2, 0) is 6.54 Å². The topological polar surface area (TPSA) is 77.2 Å². The number of hydrogen-bond acceptors (Lipinski definition) is 4. The number of hydrogen-bond donors (Lipinski definition) is 1. The van der Waals surface area contributed by atoms with E-state index in [1.807, 2.05) is 11.9 Å². The van der Waals surface area contributed by atoms with Gasteiger partial charge in [-0.25, -0.2) is 9.78 Å². The molecule has 0 atom stereocenters. The average Bonchev–Trinajstić information content (AvgIpc) is 2.47. The van der Waals surface area contributed by atoms with Gasteiger partial charge in [-0.05, 0) is 29.8 Å². The number of anilines is 1. The molecule has 1 aromatic heterocycles. The van der Waals surface area contributed by atoms with Gasteiger partial charge in [-0.15, -0.1) is 0 Å². The Morgan fingerprint density at radius 1 is 1.35 bits per heavy atom. The van der Waals surface area contributed by atoms with E-state index in [0.717, 1.165) is 5.56 Å². The lowest BCUT2D eigenvalue weighted by Crippen LogP contribution is -2.17. The van der Waals surface area contributed by atoms with Crippen molar-refractivity contribution in [3.63, 3.8) is 0 Å². The van der Waals surface area contributed by atoms with Gasteiger partial charge in [-0.3, -0.25) is 0 Å². The molecule has 1 aromatic carbocycles. The first-order valence-electron chi connectivity index (χ1n) is 5.99. The third kappa shape index (κ3) is 3.12. The maximum atomic E-state index is 10.8. The van der Waals surface area contributed by atoms with Gasteiger partial charge in [0.05, 0.1) is 17.2 Å². The number of aromatic nitrogens is 1. The lowest BCUT2D eigenvalue weighted by molar-refractivity contribution is 0.0697. The second kappa shape index (κ2) is 5.85. The molecule has 0 fully saturated rings. The molecule has 0 bridgehead atoms. The predicted molar refractivity (Wildman–Crippen MR) is 74.5 cm³/mol. The van der Waals surface area contributed by atoms with Crippen LogP contribution in [0.3, 0.4) is 0 Å². The number of carbonyl (C=O) groups is 1. The summed E-state index contributed by atoms with van der Waals surface area (Å²) in [7, 11) is 1.87. The fraction of sp³-hybridized carbons (Fsp3) is 0.133. The molecule has 5 nitrogen and oxygen atoms in total. The number of nitrogens with zero attached hydrogens (tertiary/aromatic N) is 3. The number of pyridine rings is 1. The van der Waals surface area contributed by atoms with Crippen molar-refractivity contribution in [1.29, 1.82) is 5.26 Å². The molecule has 2 aromatic rings. The van der Waals surface area contributed by atoms with Crippen molar-refractivity contribution < 1.29 is 9.90 Å². The molecule has 0 amide bonds. The number of carboxylic acids is 1. The van der Waals surface area contributed by atoms with E-state index in [0.29, 0.717) is 17.9 Å². The van der Waals surface area contributed by atoms with Crippen LogP contribution >= 0.6 is 0 Å². The van der Waals surface area contributed by atoms with Gasteiger partial charge in [-0.2, -0.15) is 5.26 Å². The van der Waals surface area contributed by atoms with E-state index in [1.165, 1.54) is 0 Å². The maximum Gasteiger partial charge on any atom is 0.335 e. The van der Waals surface area contributed by atoms with Gasteiger partial charge >= 0.3 is 5.97 Å². The zero-order valence-corrected chi connectivity index (χ0v) is 10.9. The molecule has 20 heavy (non-hydrogen) atoms.